The van der Waals surface area contributed by atoms with Crippen LogP contribution in [0.3, 0.4) is 0 Å². The summed E-state index contributed by atoms with van der Waals surface area (Å²) in [6, 6.07) is 4.29. The van der Waals surface area contributed by atoms with Gasteiger partial charge in [-0.25, -0.2) is 18.2 Å². The first-order chi connectivity index (χ1) is 29.1. The number of ether oxygens (including phenoxy) is 3. The lowest BCUT2D eigenvalue weighted by Gasteiger charge is -2.35. The first-order valence-corrected chi connectivity index (χ1v) is 23.1. The van der Waals surface area contributed by atoms with Crippen molar-refractivity contribution >= 4 is 44.6 Å². The Bertz CT molecular complexity index is 2080. The lowest BCUT2D eigenvalue weighted by Crippen LogP contribution is -2.60. The first-order valence-electron chi connectivity index (χ1n) is 21.6. The van der Waals surface area contributed by atoms with Gasteiger partial charge in [0.1, 0.15) is 29.5 Å². The highest BCUT2D eigenvalue weighted by Gasteiger charge is 2.63. The maximum absolute atomic E-state index is 14.9. The van der Waals surface area contributed by atoms with Crippen molar-refractivity contribution in [1.82, 2.24) is 25.2 Å². The number of sulfonamides is 1. The van der Waals surface area contributed by atoms with Gasteiger partial charge in [-0.15, -0.1) is 0 Å². The topological polar surface area (TPSA) is 182 Å². The number of methoxy groups -OCH3 is 1. The molecule has 3 heterocycles. The zero-order chi connectivity index (χ0) is 46.4. The van der Waals surface area contributed by atoms with Crippen LogP contribution in [0.1, 0.15) is 114 Å². The highest BCUT2D eigenvalue weighted by atomic mass is 32.2. The first kappa shape index (κ1) is 50.0. The van der Waals surface area contributed by atoms with Gasteiger partial charge >= 0.3 is 12.3 Å². The molecule has 346 valence electrons. The Labute approximate surface area is 363 Å². The summed E-state index contributed by atoms with van der Waals surface area (Å²) >= 11 is 0. The minimum atomic E-state index is -4.91. The van der Waals surface area contributed by atoms with Crippen LogP contribution < -0.4 is 24.8 Å². The maximum atomic E-state index is 14.9. The molecule has 1 aromatic carbocycles. The number of aromatic nitrogens is 1. The van der Waals surface area contributed by atoms with Gasteiger partial charge in [0.05, 0.1) is 18.4 Å². The third-order valence-corrected chi connectivity index (χ3v) is 14.3. The highest BCUT2D eigenvalue weighted by Crippen LogP contribution is 2.48. The van der Waals surface area contributed by atoms with E-state index in [0.29, 0.717) is 63.5 Å². The van der Waals surface area contributed by atoms with Gasteiger partial charge in [0.15, 0.2) is 0 Å². The van der Waals surface area contributed by atoms with Crippen LogP contribution in [0.5, 0.6) is 11.6 Å². The Hall–Kier alpha value is -4.61. The summed E-state index contributed by atoms with van der Waals surface area (Å²) in [4.78, 5) is 62.2. The Balaban J connectivity index is 0.00000205. The summed E-state index contributed by atoms with van der Waals surface area (Å²) in [6.45, 7) is 14.5. The van der Waals surface area contributed by atoms with E-state index in [-0.39, 0.29) is 31.2 Å². The van der Waals surface area contributed by atoms with Crippen LogP contribution in [0.25, 0.3) is 10.8 Å². The number of alkyl carbamates (subject to hydrolysis) is 1. The van der Waals surface area contributed by atoms with Gasteiger partial charge in [-0.2, -0.15) is 13.2 Å². The van der Waals surface area contributed by atoms with Gasteiger partial charge in [0, 0.05) is 23.9 Å². The molecule has 3 N–H and O–H groups in total. The fourth-order valence-electron chi connectivity index (χ4n) is 7.77. The van der Waals surface area contributed by atoms with Crippen LogP contribution in [-0.4, -0.2) is 96.0 Å². The number of hydrogen-bond acceptors (Lipinski definition) is 10. The van der Waals surface area contributed by atoms with Gasteiger partial charge < -0.3 is 29.7 Å². The van der Waals surface area contributed by atoms with E-state index in [1.807, 2.05) is 40.7 Å². The lowest BCUT2D eigenvalue weighted by atomic mass is 9.85. The summed E-state index contributed by atoms with van der Waals surface area (Å²) in [5, 5.41) is 6.60. The number of carbonyl (C=O) groups is 4. The molecule has 2 aliphatic carbocycles. The smallest absolute Gasteiger partial charge is 0.427 e. The van der Waals surface area contributed by atoms with Crippen LogP contribution in [0.4, 0.5) is 18.0 Å². The van der Waals surface area contributed by atoms with E-state index in [1.54, 1.807) is 37.3 Å². The SMILES string of the molecule is CC.CC.CC[C@@H]1C[C@H](C)CC/C=C\[C@@H]2C[C@@]2(C(=O)NS(=O)(=O)C2(C)CC2)NC(=O)[C@@H]2C[C@@H](Oc3nccc4cc(OC)ccc34)CN2C(=O)[C@H]1NC(=O)OC(C)(C)C(F)(F)F. The zero-order valence-corrected chi connectivity index (χ0v) is 38.3. The van der Waals surface area contributed by atoms with E-state index in [0.717, 1.165) is 5.39 Å². The number of alkyl halides is 3. The Kier molecular flexibility index (Phi) is 16.0. The zero-order valence-electron chi connectivity index (χ0n) is 37.5. The van der Waals surface area contributed by atoms with Crippen molar-refractivity contribution in [3.63, 3.8) is 0 Å². The minimum Gasteiger partial charge on any atom is -0.497 e. The fourth-order valence-corrected chi connectivity index (χ4v) is 9.08. The van der Waals surface area contributed by atoms with E-state index < -0.39 is 85.9 Å². The Morgan fingerprint density at radius 3 is 2.35 bits per heavy atom. The highest BCUT2D eigenvalue weighted by molar-refractivity contribution is 7.91. The van der Waals surface area contributed by atoms with Crippen molar-refractivity contribution in [2.24, 2.45) is 17.8 Å². The van der Waals surface area contributed by atoms with E-state index in [9.17, 15) is 40.8 Å². The minimum absolute atomic E-state index is 0.0302. The van der Waals surface area contributed by atoms with Gasteiger partial charge in [-0.05, 0) is 101 Å². The van der Waals surface area contributed by atoms with Crippen molar-refractivity contribution in [3.8, 4) is 11.6 Å². The molecule has 0 bridgehead atoms. The molecule has 62 heavy (non-hydrogen) atoms. The second kappa shape index (κ2) is 19.8. The lowest BCUT2D eigenvalue weighted by molar-refractivity contribution is -0.244. The number of nitrogens with one attached hydrogen (secondary N) is 3. The van der Waals surface area contributed by atoms with Crippen LogP contribution in [0.2, 0.25) is 0 Å². The number of fused-ring (bicyclic) bond motifs is 3. The third-order valence-electron chi connectivity index (χ3n) is 12.1. The molecule has 4 aliphatic rings. The molecule has 0 spiro atoms. The van der Waals surface area contributed by atoms with Crippen molar-refractivity contribution in [1.29, 1.82) is 0 Å². The number of nitrogens with zero attached hydrogens (tertiary/aromatic N) is 2. The van der Waals surface area contributed by atoms with Crippen molar-refractivity contribution in [3.05, 3.63) is 42.6 Å². The van der Waals surface area contributed by atoms with Crippen molar-refractivity contribution in [2.75, 3.05) is 13.7 Å². The van der Waals surface area contributed by atoms with Crippen LogP contribution in [0, 0.1) is 17.8 Å². The second-order valence-corrected chi connectivity index (χ2v) is 19.1. The predicted octanol–water partition coefficient (Wildman–Crippen LogP) is 7.36. The van der Waals surface area contributed by atoms with Gasteiger partial charge in [-0.3, -0.25) is 19.1 Å². The number of pyridine rings is 1. The number of hydrogen-bond donors (Lipinski definition) is 3. The summed E-state index contributed by atoms with van der Waals surface area (Å²) in [5.41, 5.74) is -4.52. The average molecular weight is 896 g/mol. The molecule has 1 aromatic heterocycles. The fraction of sp³-hybridized carbons (Fsp3) is 0.659. The normalized spacial score (nSPS) is 27.7. The number of carbonyl (C=O) groups excluding carboxylic acids is 4. The average Bonchev–Trinajstić information content (AvgIpc) is 4.11. The molecule has 2 aromatic rings. The molecule has 18 heteroatoms. The van der Waals surface area contributed by atoms with Crippen LogP contribution in [-0.2, 0) is 29.1 Å². The van der Waals surface area contributed by atoms with E-state index in [2.05, 4.69) is 20.3 Å². The van der Waals surface area contributed by atoms with Gasteiger partial charge in [0.2, 0.25) is 33.3 Å². The molecule has 0 unspecified atom stereocenters. The Morgan fingerprint density at radius 1 is 1.06 bits per heavy atom. The van der Waals surface area contributed by atoms with Crippen LogP contribution in [0.15, 0.2) is 42.6 Å². The molecule has 4 amide bonds. The number of benzene rings is 1. The molecule has 3 fully saturated rings. The van der Waals surface area contributed by atoms with E-state index >= 15 is 0 Å². The molecule has 14 nitrogen and oxygen atoms in total. The molecule has 6 rings (SSSR count). The molecule has 7 atom stereocenters. The standard InChI is InChI=1S/C40H52F3N5O9S.2C2H6/c1-7-24-18-23(2)10-8-9-11-26-21-39(26,35(51)47-58(53,54)38(5)15-16-38)46-32(49)30-20-28(56-33-29-13-12-27(55-6)19-25(29)14-17-44-33)22-48(30)34(50)31(24)45-36(52)57-37(3,4)40(41,42)43;2*1-2/h9,11-14,17,19,23-24,26,28,30-31H,7-8,10,15-16,18,20-22H2,1-6H3,(H,45,52)(H,46,49)(H,47,51);2*1-2H3/b11-9-;;/t23-,24-,26-,28-,30+,31+,39-;;/m1../s1. The maximum Gasteiger partial charge on any atom is 0.427 e. The molecule has 1 saturated heterocycles. The van der Waals surface area contributed by atoms with Crippen molar-refractivity contribution < 1.29 is 55.0 Å². The van der Waals surface area contributed by atoms with E-state index in [4.69, 9.17) is 14.2 Å². The molecule has 0 radical (unpaired) electrons. The summed E-state index contributed by atoms with van der Waals surface area (Å²) < 4.78 is 85.4. The largest absolute Gasteiger partial charge is 0.497 e. The number of allylic oxidation sites excluding steroid dienone is 1. The predicted molar refractivity (Wildman–Crippen MR) is 229 cm³/mol. The summed E-state index contributed by atoms with van der Waals surface area (Å²) in [6.07, 6.45) is 0.631. The van der Waals surface area contributed by atoms with Crippen molar-refractivity contribution in [2.45, 2.75) is 154 Å². The van der Waals surface area contributed by atoms with Crippen LogP contribution >= 0.6 is 0 Å². The molecule has 2 saturated carbocycles. The third kappa shape index (κ3) is 10.9. The number of amides is 4. The van der Waals surface area contributed by atoms with E-state index in [1.165, 1.54) is 25.1 Å². The monoisotopic (exact) mass is 895 g/mol. The van der Waals surface area contributed by atoms with Gasteiger partial charge in [-0.1, -0.05) is 60.1 Å². The van der Waals surface area contributed by atoms with Gasteiger partial charge in [0.25, 0.3) is 5.91 Å². The summed E-state index contributed by atoms with van der Waals surface area (Å²) in [5.74, 6) is -2.78. The molecular formula is C44H64F3N5O9S. The second-order valence-electron chi connectivity index (χ2n) is 16.9. The molecular weight excluding hydrogens is 832 g/mol. The number of rotatable bonds is 9. The quantitative estimate of drug-likeness (QED) is 0.215. The summed E-state index contributed by atoms with van der Waals surface area (Å²) in [7, 11) is -2.54. The Morgan fingerprint density at radius 2 is 1.74 bits per heavy atom. The molecule has 2 aliphatic heterocycles. The number of halogens is 3.